The number of carbonyl (C=O) groups excluding carboxylic acids is 1. The van der Waals surface area contributed by atoms with Crippen molar-refractivity contribution in [1.29, 1.82) is 0 Å². The maximum absolute atomic E-state index is 12.2. The molecule has 0 bridgehead atoms. The van der Waals surface area contributed by atoms with Gasteiger partial charge in [-0.05, 0) is 46.1 Å². The standard InChI is InChI=1S/C20H28N4O2/c1-5-17-7-6-15(12-21-17)16-13-22-24(14-16)18-8-10-23(11-9-18)19(25)26-20(2,3)4/h6-7,12-14,18H,5,8-11H2,1-4H3. The number of aromatic nitrogens is 3. The first-order valence-electron chi connectivity index (χ1n) is 9.33. The quantitative estimate of drug-likeness (QED) is 0.831. The fourth-order valence-electron chi connectivity index (χ4n) is 3.13. The van der Waals surface area contributed by atoms with Gasteiger partial charge in [-0.2, -0.15) is 5.10 Å². The van der Waals surface area contributed by atoms with Gasteiger partial charge in [0.15, 0.2) is 0 Å². The fraction of sp³-hybridized carbons (Fsp3) is 0.550. The molecule has 3 rings (SSSR count). The number of nitrogens with zero attached hydrogens (tertiary/aromatic N) is 4. The lowest BCUT2D eigenvalue weighted by Crippen LogP contribution is -2.42. The lowest BCUT2D eigenvalue weighted by atomic mass is 10.1. The molecule has 0 aliphatic carbocycles. The summed E-state index contributed by atoms with van der Waals surface area (Å²) in [5.74, 6) is 0. The molecule has 0 aromatic carbocycles. The lowest BCUT2D eigenvalue weighted by molar-refractivity contribution is 0.0185. The van der Waals surface area contributed by atoms with Crippen molar-refractivity contribution in [3.63, 3.8) is 0 Å². The summed E-state index contributed by atoms with van der Waals surface area (Å²) in [5.41, 5.74) is 2.80. The molecule has 0 radical (unpaired) electrons. The van der Waals surface area contributed by atoms with E-state index in [0.717, 1.165) is 36.1 Å². The Bertz CT molecular complexity index is 738. The third kappa shape index (κ3) is 4.42. The van der Waals surface area contributed by atoms with E-state index in [-0.39, 0.29) is 6.09 Å². The topological polar surface area (TPSA) is 60.2 Å². The largest absolute Gasteiger partial charge is 0.444 e. The van der Waals surface area contributed by atoms with Gasteiger partial charge in [0, 0.05) is 42.3 Å². The van der Waals surface area contributed by atoms with E-state index in [4.69, 9.17) is 4.74 Å². The van der Waals surface area contributed by atoms with Gasteiger partial charge in [0.2, 0.25) is 0 Å². The highest BCUT2D eigenvalue weighted by atomic mass is 16.6. The normalized spacial score (nSPS) is 15.9. The Morgan fingerprint density at radius 2 is 1.92 bits per heavy atom. The highest BCUT2D eigenvalue weighted by Crippen LogP contribution is 2.26. The van der Waals surface area contributed by atoms with Crippen molar-refractivity contribution in [3.05, 3.63) is 36.4 Å². The molecular formula is C20H28N4O2. The molecule has 0 spiro atoms. The SMILES string of the molecule is CCc1ccc(-c2cnn(C3CCN(C(=O)OC(C)(C)C)CC3)c2)cn1. The highest BCUT2D eigenvalue weighted by Gasteiger charge is 2.27. The molecule has 1 aliphatic heterocycles. The van der Waals surface area contributed by atoms with Crippen molar-refractivity contribution >= 4 is 6.09 Å². The number of aryl methyl sites for hydroxylation is 1. The van der Waals surface area contributed by atoms with Crippen molar-refractivity contribution in [2.45, 2.75) is 58.6 Å². The Morgan fingerprint density at radius 3 is 2.50 bits per heavy atom. The zero-order chi connectivity index (χ0) is 18.7. The summed E-state index contributed by atoms with van der Waals surface area (Å²) >= 11 is 0. The first kappa shape index (κ1) is 18.4. The molecule has 2 aromatic rings. The number of carbonyl (C=O) groups is 1. The number of amides is 1. The van der Waals surface area contributed by atoms with Crippen LogP contribution in [0.1, 0.15) is 52.3 Å². The van der Waals surface area contributed by atoms with E-state index in [1.165, 1.54) is 0 Å². The van der Waals surface area contributed by atoms with Crippen molar-refractivity contribution in [2.24, 2.45) is 0 Å². The van der Waals surface area contributed by atoms with E-state index < -0.39 is 5.60 Å². The second-order valence-electron chi connectivity index (χ2n) is 7.80. The van der Waals surface area contributed by atoms with Gasteiger partial charge >= 0.3 is 6.09 Å². The molecule has 1 aliphatic rings. The molecule has 26 heavy (non-hydrogen) atoms. The second-order valence-corrected chi connectivity index (χ2v) is 7.80. The monoisotopic (exact) mass is 356 g/mol. The molecule has 0 saturated carbocycles. The Morgan fingerprint density at radius 1 is 1.19 bits per heavy atom. The summed E-state index contributed by atoms with van der Waals surface area (Å²) in [6, 6.07) is 4.47. The van der Waals surface area contributed by atoms with Crippen molar-refractivity contribution in [1.82, 2.24) is 19.7 Å². The molecule has 6 heteroatoms. The number of likely N-dealkylation sites (tertiary alicyclic amines) is 1. The second kappa shape index (κ2) is 7.48. The van der Waals surface area contributed by atoms with Gasteiger partial charge in [0.05, 0.1) is 12.2 Å². The summed E-state index contributed by atoms with van der Waals surface area (Å²) in [6.07, 6.45) is 8.36. The number of rotatable bonds is 3. The molecule has 0 unspecified atom stereocenters. The van der Waals surface area contributed by atoms with Gasteiger partial charge in [-0.25, -0.2) is 4.79 Å². The Kier molecular flexibility index (Phi) is 5.30. The summed E-state index contributed by atoms with van der Waals surface area (Å²) < 4.78 is 7.48. The Balaban J connectivity index is 1.60. The lowest BCUT2D eigenvalue weighted by Gasteiger charge is -2.33. The summed E-state index contributed by atoms with van der Waals surface area (Å²) in [7, 11) is 0. The van der Waals surface area contributed by atoms with Gasteiger partial charge in [0.1, 0.15) is 5.60 Å². The molecule has 1 fully saturated rings. The molecule has 1 amide bonds. The molecule has 0 atom stereocenters. The van der Waals surface area contributed by atoms with E-state index in [1.807, 2.05) is 37.8 Å². The van der Waals surface area contributed by atoms with Gasteiger partial charge < -0.3 is 9.64 Å². The van der Waals surface area contributed by atoms with Gasteiger partial charge in [-0.3, -0.25) is 9.67 Å². The highest BCUT2D eigenvalue weighted by molar-refractivity contribution is 5.68. The average Bonchev–Trinajstić information content (AvgIpc) is 3.10. The minimum atomic E-state index is -0.452. The van der Waals surface area contributed by atoms with Crippen molar-refractivity contribution < 1.29 is 9.53 Å². The number of piperidine rings is 1. The van der Waals surface area contributed by atoms with E-state index >= 15 is 0 Å². The van der Waals surface area contributed by atoms with E-state index in [0.29, 0.717) is 19.1 Å². The molecule has 6 nitrogen and oxygen atoms in total. The summed E-state index contributed by atoms with van der Waals surface area (Å²) in [4.78, 5) is 18.4. The van der Waals surface area contributed by atoms with E-state index in [9.17, 15) is 4.79 Å². The van der Waals surface area contributed by atoms with Gasteiger partial charge in [-0.15, -0.1) is 0 Å². The van der Waals surface area contributed by atoms with Crippen LogP contribution in [0.4, 0.5) is 4.79 Å². The zero-order valence-corrected chi connectivity index (χ0v) is 16.1. The van der Waals surface area contributed by atoms with Crippen LogP contribution < -0.4 is 0 Å². The zero-order valence-electron chi connectivity index (χ0n) is 16.1. The molecule has 3 heterocycles. The van der Waals surface area contributed by atoms with Gasteiger partial charge in [-0.1, -0.05) is 13.0 Å². The smallest absolute Gasteiger partial charge is 0.410 e. The summed E-state index contributed by atoms with van der Waals surface area (Å²) in [6.45, 7) is 9.17. The molecule has 0 N–H and O–H groups in total. The average molecular weight is 356 g/mol. The third-order valence-corrected chi connectivity index (χ3v) is 4.61. The van der Waals surface area contributed by atoms with Crippen LogP contribution in [0, 0.1) is 0 Å². The van der Waals surface area contributed by atoms with E-state index in [2.05, 4.69) is 35.3 Å². The molecule has 140 valence electrons. The first-order valence-corrected chi connectivity index (χ1v) is 9.33. The third-order valence-electron chi connectivity index (χ3n) is 4.61. The minimum absolute atomic E-state index is 0.223. The maximum Gasteiger partial charge on any atom is 0.410 e. The first-order chi connectivity index (χ1) is 12.4. The van der Waals surface area contributed by atoms with Crippen LogP contribution in [0.25, 0.3) is 11.1 Å². The number of ether oxygens (including phenoxy) is 1. The Hall–Kier alpha value is -2.37. The van der Waals surface area contributed by atoms with Crippen LogP contribution in [-0.2, 0) is 11.2 Å². The fourth-order valence-corrected chi connectivity index (χ4v) is 3.13. The predicted molar refractivity (Wildman–Crippen MR) is 101 cm³/mol. The maximum atomic E-state index is 12.2. The summed E-state index contributed by atoms with van der Waals surface area (Å²) in [5, 5.41) is 4.54. The molecule has 1 saturated heterocycles. The molecule has 2 aromatic heterocycles. The van der Waals surface area contributed by atoms with Crippen molar-refractivity contribution in [2.75, 3.05) is 13.1 Å². The minimum Gasteiger partial charge on any atom is -0.444 e. The van der Waals surface area contributed by atoms with Crippen LogP contribution in [0.2, 0.25) is 0 Å². The van der Waals surface area contributed by atoms with Gasteiger partial charge in [0.25, 0.3) is 0 Å². The predicted octanol–water partition coefficient (Wildman–Crippen LogP) is 4.08. The van der Waals surface area contributed by atoms with Crippen LogP contribution >= 0.6 is 0 Å². The number of hydrogen-bond acceptors (Lipinski definition) is 4. The van der Waals surface area contributed by atoms with Crippen LogP contribution in [0.3, 0.4) is 0 Å². The Labute approximate surface area is 155 Å². The molecular weight excluding hydrogens is 328 g/mol. The van der Waals surface area contributed by atoms with Crippen molar-refractivity contribution in [3.8, 4) is 11.1 Å². The number of hydrogen-bond donors (Lipinski definition) is 0. The van der Waals surface area contributed by atoms with Crippen LogP contribution in [0.15, 0.2) is 30.7 Å². The van der Waals surface area contributed by atoms with Crippen LogP contribution in [-0.4, -0.2) is 44.4 Å². The van der Waals surface area contributed by atoms with Crippen LogP contribution in [0.5, 0.6) is 0 Å². The number of pyridine rings is 1. The van der Waals surface area contributed by atoms with E-state index in [1.54, 1.807) is 4.90 Å².